The highest BCUT2D eigenvalue weighted by Crippen LogP contribution is 2.24. The number of hydrogen-bond donors (Lipinski definition) is 1. The van der Waals surface area contributed by atoms with E-state index in [0.29, 0.717) is 17.9 Å². The minimum atomic E-state index is -2.97. The van der Waals surface area contributed by atoms with E-state index in [2.05, 4.69) is 5.32 Å². The lowest BCUT2D eigenvalue weighted by Crippen LogP contribution is -2.30. The largest absolute Gasteiger partial charge is 0.497 e. The van der Waals surface area contributed by atoms with Crippen LogP contribution < -0.4 is 10.1 Å². The molecule has 1 N–H and O–H groups in total. The molecule has 0 aromatic heterocycles. The average molecular weight is 387 g/mol. The topological polar surface area (TPSA) is 98.8 Å². The Balaban J connectivity index is 1.74. The van der Waals surface area contributed by atoms with Crippen molar-refractivity contribution in [2.75, 3.05) is 29.7 Å². The zero-order valence-corrected chi connectivity index (χ0v) is 15.7. The van der Waals surface area contributed by atoms with E-state index in [9.17, 15) is 18.0 Å². The number of methoxy groups -OCH3 is 1. The van der Waals surface area contributed by atoms with Crippen LogP contribution in [0.25, 0.3) is 0 Å². The molecule has 1 aliphatic heterocycles. The summed E-state index contributed by atoms with van der Waals surface area (Å²) in [6, 6.07) is 6.78. The number of carbonyl (C=O) groups is 2. The van der Waals surface area contributed by atoms with Gasteiger partial charge in [-0.15, -0.1) is 11.8 Å². The first-order valence-electron chi connectivity index (χ1n) is 7.75. The van der Waals surface area contributed by atoms with E-state index in [1.165, 1.54) is 18.7 Å². The van der Waals surface area contributed by atoms with Crippen LogP contribution in [0.1, 0.15) is 13.3 Å². The predicted octanol–water partition coefficient (Wildman–Crippen LogP) is 1.49. The molecule has 9 heteroatoms. The van der Waals surface area contributed by atoms with Crippen LogP contribution in [0.5, 0.6) is 5.75 Å². The number of amides is 1. The van der Waals surface area contributed by atoms with Gasteiger partial charge in [-0.1, -0.05) is 0 Å². The summed E-state index contributed by atoms with van der Waals surface area (Å²) in [5.74, 6) is -0.0128. The van der Waals surface area contributed by atoms with Crippen LogP contribution in [0.3, 0.4) is 0 Å². The van der Waals surface area contributed by atoms with Crippen molar-refractivity contribution in [1.29, 1.82) is 0 Å². The fourth-order valence-corrected chi connectivity index (χ4v) is 5.71. The number of esters is 1. The maximum atomic E-state index is 12.0. The third-order valence-corrected chi connectivity index (χ3v) is 6.92. The van der Waals surface area contributed by atoms with E-state index < -0.39 is 27.8 Å². The number of nitrogens with one attached hydrogen (secondary N) is 1. The maximum Gasteiger partial charge on any atom is 0.316 e. The lowest BCUT2D eigenvalue weighted by molar-refractivity contribution is -0.150. The lowest BCUT2D eigenvalue weighted by atomic mass is 10.3. The van der Waals surface area contributed by atoms with Crippen LogP contribution in [0.2, 0.25) is 0 Å². The molecule has 1 aliphatic rings. The molecule has 0 aliphatic carbocycles. The van der Waals surface area contributed by atoms with Gasteiger partial charge in [-0.25, -0.2) is 8.42 Å². The van der Waals surface area contributed by atoms with Crippen molar-refractivity contribution in [3.63, 3.8) is 0 Å². The molecule has 0 bridgehead atoms. The minimum Gasteiger partial charge on any atom is -0.497 e. The highest BCUT2D eigenvalue weighted by molar-refractivity contribution is 8.02. The zero-order chi connectivity index (χ0) is 18.4. The summed E-state index contributed by atoms with van der Waals surface area (Å²) in [7, 11) is -1.42. The van der Waals surface area contributed by atoms with Crippen LogP contribution in [-0.4, -0.2) is 56.0 Å². The number of rotatable bonds is 7. The number of anilines is 1. The average Bonchev–Trinajstić information content (AvgIpc) is 2.92. The van der Waals surface area contributed by atoms with Crippen molar-refractivity contribution in [1.82, 2.24) is 0 Å². The monoisotopic (exact) mass is 387 g/mol. The van der Waals surface area contributed by atoms with Crippen molar-refractivity contribution in [2.24, 2.45) is 0 Å². The SMILES string of the molecule is COc1ccc(NC(=O)[C@H](C)OC(=O)CS[C@@H]2CCS(=O)(=O)C2)cc1. The smallest absolute Gasteiger partial charge is 0.316 e. The van der Waals surface area contributed by atoms with Crippen molar-refractivity contribution in [3.8, 4) is 5.75 Å². The van der Waals surface area contributed by atoms with Crippen molar-refractivity contribution >= 4 is 39.2 Å². The van der Waals surface area contributed by atoms with Gasteiger partial charge in [0.1, 0.15) is 5.75 Å². The van der Waals surface area contributed by atoms with Gasteiger partial charge in [0.15, 0.2) is 15.9 Å². The van der Waals surface area contributed by atoms with Gasteiger partial charge in [-0.2, -0.15) is 0 Å². The third-order valence-electron chi connectivity index (χ3n) is 3.66. The van der Waals surface area contributed by atoms with Gasteiger partial charge >= 0.3 is 5.97 Å². The van der Waals surface area contributed by atoms with Crippen LogP contribution >= 0.6 is 11.8 Å². The number of sulfone groups is 1. The van der Waals surface area contributed by atoms with Gasteiger partial charge in [-0.05, 0) is 37.6 Å². The number of hydrogen-bond acceptors (Lipinski definition) is 7. The van der Waals surface area contributed by atoms with E-state index in [0.717, 1.165) is 0 Å². The van der Waals surface area contributed by atoms with Crippen LogP contribution in [0.15, 0.2) is 24.3 Å². The lowest BCUT2D eigenvalue weighted by Gasteiger charge is -2.14. The Hall–Kier alpha value is -1.74. The Kier molecular flexibility index (Phi) is 6.71. The number of carbonyl (C=O) groups excluding carboxylic acids is 2. The molecule has 1 amide bonds. The molecule has 25 heavy (non-hydrogen) atoms. The molecule has 7 nitrogen and oxygen atoms in total. The molecule has 0 unspecified atom stereocenters. The van der Waals surface area contributed by atoms with Crippen molar-refractivity contribution < 1.29 is 27.5 Å². The summed E-state index contributed by atoms with van der Waals surface area (Å²) in [5, 5.41) is 2.57. The second kappa shape index (κ2) is 8.57. The van der Waals surface area contributed by atoms with Gasteiger partial charge in [0.2, 0.25) is 0 Å². The second-order valence-corrected chi connectivity index (χ2v) is 9.20. The quantitative estimate of drug-likeness (QED) is 0.708. The molecule has 0 spiro atoms. The fraction of sp³-hybridized carbons (Fsp3) is 0.500. The Morgan fingerprint density at radius 3 is 2.56 bits per heavy atom. The van der Waals surface area contributed by atoms with E-state index in [4.69, 9.17) is 9.47 Å². The van der Waals surface area contributed by atoms with Crippen LogP contribution in [0.4, 0.5) is 5.69 Å². The summed E-state index contributed by atoms with van der Waals surface area (Å²) >= 11 is 1.26. The summed E-state index contributed by atoms with van der Waals surface area (Å²) in [6.07, 6.45) is -0.393. The van der Waals surface area contributed by atoms with Crippen LogP contribution in [-0.2, 0) is 24.2 Å². The zero-order valence-electron chi connectivity index (χ0n) is 14.1. The third kappa shape index (κ3) is 6.24. The van der Waals surface area contributed by atoms with Crippen LogP contribution in [0, 0.1) is 0 Å². The van der Waals surface area contributed by atoms with E-state index >= 15 is 0 Å². The summed E-state index contributed by atoms with van der Waals surface area (Å²) in [6.45, 7) is 1.49. The highest BCUT2D eigenvalue weighted by Gasteiger charge is 2.29. The normalized spacial score (nSPS) is 19.8. The molecular weight excluding hydrogens is 366 g/mol. The first-order valence-corrected chi connectivity index (χ1v) is 10.6. The van der Waals surface area contributed by atoms with E-state index in [1.807, 2.05) is 0 Å². The molecule has 2 rings (SSSR count). The number of benzene rings is 1. The molecule has 0 saturated carbocycles. The molecule has 1 fully saturated rings. The molecular formula is C16H21NO6S2. The molecule has 1 aromatic carbocycles. The Bertz CT molecular complexity index is 717. The maximum absolute atomic E-state index is 12.0. The summed E-state index contributed by atoms with van der Waals surface area (Å²) in [5.41, 5.74) is 0.569. The minimum absolute atomic E-state index is 0.0281. The van der Waals surface area contributed by atoms with Crippen molar-refractivity contribution in [3.05, 3.63) is 24.3 Å². The van der Waals surface area contributed by atoms with Gasteiger partial charge < -0.3 is 14.8 Å². The van der Waals surface area contributed by atoms with E-state index in [-0.39, 0.29) is 22.5 Å². The highest BCUT2D eigenvalue weighted by atomic mass is 32.2. The number of ether oxygens (including phenoxy) is 2. The summed E-state index contributed by atoms with van der Waals surface area (Å²) in [4.78, 5) is 23.9. The standard InChI is InChI=1S/C16H21NO6S2/c1-11(16(19)17-12-3-5-13(22-2)6-4-12)23-15(18)9-24-14-7-8-25(20,21)10-14/h3-6,11,14H,7-10H2,1-2H3,(H,17,19)/t11-,14+/m0/s1. The molecule has 0 radical (unpaired) electrons. The molecule has 1 saturated heterocycles. The van der Waals surface area contributed by atoms with Gasteiger partial charge in [-0.3, -0.25) is 9.59 Å². The first-order chi connectivity index (χ1) is 11.8. The van der Waals surface area contributed by atoms with Gasteiger partial charge in [0.25, 0.3) is 5.91 Å². The molecule has 2 atom stereocenters. The first kappa shape index (κ1) is 19.6. The Morgan fingerprint density at radius 1 is 1.32 bits per heavy atom. The van der Waals surface area contributed by atoms with E-state index in [1.54, 1.807) is 31.4 Å². The van der Waals surface area contributed by atoms with Gasteiger partial charge in [0.05, 0.1) is 24.4 Å². The Labute approximate surface area is 151 Å². The predicted molar refractivity (Wildman–Crippen MR) is 96.7 cm³/mol. The van der Waals surface area contributed by atoms with Gasteiger partial charge in [0, 0.05) is 10.9 Å². The molecule has 1 aromatic rings. The molecule has 138 valence electrons. The molecule has 1 heterocycles. The summed E-state index contributed by atoms with van der Waals surface area (Å²) < 4.78 is 32.9. The number of thioether (sulfide) groups is 1. The van der Waals surface area contributed by atoms with Crippen molar-refractivity contribution in [2.45, 2.75) is 24.7 Å². The fourth-order valence-electron chi connectivity index (χ4n) is 2.28. The second-order valence-electron chi connectivity index (χ2n) is 5.69. The Morgan fingerprint density at radius 2 is 2.00 bits per heavy atom.